The number of hydrogen-bond acceptors (Lipinski definition) is 17. The highest BCUT2D eigenvalue weighted by molar-refractivity contribution is 7.09. The third kappa shape index (κ3) is 27.6. The van der Waals surface area contributed by atoms with Gasteiger partial charge in [-0.05, 0) is 139 Å². The first-order chi connectivity index (χ1) is 49.7. The van der Waals surface area contributed by atoms with Crippen molar-refractivity contribution in [2.45, 2.75) is 220 Å². The molecular formula is C76H113N13O15S. The molecule has 1 fully saturated rings. The molecule has 1 saturated heterocycles. The molecule has 0 aliphatic carbocycles. The first-order valence-corrected chi connectivity index (χ1v) is 37.0. The van der Waals surface area contributed by atoms with Gasteiger partial charge in [0, 0.05) is 63.7 Å². The smallest absolute Gasteiger partial charge is 0.408 e. The Balaban J connectivity index is 1.18. The Hall–Kier alpha value is -9.22. The van der Waals surface area contributed by atoms with Crippen molar-refractivity contribution in [1.82, 2.24) is 57.3 Å². The number of likely N-dealkylation sites (N-methyl/N-ethyl adjacent to an activating group) is 1. The first kappa shape index (κ1) is 86.4. The van der Waals surface area contributed by atoms with Crippen molar-refractivity contribution < 1.29 is 71.7 Å². The number of unbranched alkanes of at least 4 members (excludes halogenated alkanes) is 1. The zero-order valence-electron chi connectivity index (χ0n) is 63.6. The normalized spacial score (nSPS) is 15.9. The van der Waals surface area contributed by atoms with E-state index in [-0.39, 0.29) is 69.2 Å². The number of nitrogens with zero attached hydrogens (tertiary/aromatic N) is 3. The molecule has 1 aliphatic heterocycles. The number of urea groups is 1. The van der Waals surface area contributed by atoms with Crippen LogP contribution in [0.1, 0.15) is 173 Å². The fourth-order valence-corrected chi connectivity index (χ4v) is 13.1. The van der Waals surface area contributed by atoms with Gasteiger partial charge in [-0.2, -0.15) is 0 Å². The Labute approximate surface area is 622 Å². The first-order valence-electron chi connectivity index (χ1n) is 36.2. The second kappa shape index (κ2) is 42.1. The number of amides is 12. The Morgan fingerprint density at radius 1 is 0.686 bits per heavy atom. The summed E-state index contributed by atoms with van der Waals surface area (Å²) in [7, 11) is 4.68. The van der Waals surface area contributed by atoms with Gasteiger partial charge in [-0.25, -0.2) is 19.4 Å². The van der Waals surface area contributed by atoms with E-state index in [1.807, 2.05) is 56.5 Å². The number of aromatic nitrogens is 1. The molecule has 0 unspecified atom stereocenters. The van der Waals surface area contributed by atoms with E-state index >= 15 is 0 Å². The minimum atomic E-state index is -1.61. The molecule has 12 amide bonds. The van der Waals surface area contributed by atoms with Gasteiger partial charge >= 0.3 is 18.2 Å². The van der Waals surface area contributed by atoms with E-state index in [9.17, 15) is 52.7 Å². The average molecular weight is 1480 g/mol. The van der Waals surface area contributed by atoms with Gasteiger partial charge in [0.1, 0.15) is 46.9 Å². The second-order valence-electron chi connectivity index (χ2n) is 29.0. The van der Waals surface area contributed by atoms with Crippen LogP contribution in [0.15, 0.2) is 96.5 Å². The van der Waals surface area contributed by atoms with Crippen LogP contribution in [0.2, 0.25) is 0 Å². The van der Waals surface area contributed by atoms with Crippen LogP contribution in [-0.4, -0.2) is 181 Å². The maximum Gasteiger partial charge on any atom is 0.408 e. The Morgan fingerprint density at radius 2 is 1.31 bits per heavy atom. The largest absolute Gasteiger partial charge is 0.445 e. The fraction of sp³-hybridized carbons (Fsp3) is 0.579. The van der Waals surface area contributed by atoms with Crippen LogP contribution in [0.4, 0.5) is 20.1 Å². The van der Waals surface area contributed by atoms with Crippen LogP contribution in [0, 0.1) is 23.7 Å². The monoisotopic (exact) mass is 1480 g/mol. The van der Waals surface area contributed by atoms with Crippen LogP contribution >= 0.6 is 11.3 Å². The van der Waals surface area contributed by atoms with Gasteiger partial charge in [-0.1, -0.05) is 116 Å². The van der Waals surface area contributed by atoms with Gasteiger partial charge in [0.2, 0.25) is 41.4 Å². The minimum Gasteiger partial charge on any atom is -0.445 e. The number of nitrogens with one attached hydrogen (secondary N) is 9. The molecule has 105 heavy (non-hydrogen) atoms. The molecule has 0 radical (unpaired) electrons. The van der Waals surface area contributed by atoms with E-state index in [4.69, 9.17) is 24.7 Å². The molecule has 2 heterocycles. The molecule has 28 nitrogen and oxygen atoms in total. The zero-order chi connectivity index (χ0) is 77.7. The number of hydrogen-bond donors (Lipinski definition) is 10. The van der Waals surface area contributed by atoms with Gasteiger partial charge in [0.05, 0.1) is 42.7 Å². The van der Waals surface area contributed by atoms with E-state index in [1.54, 1.807) is 128 Å². The van der Waals surface area contributed by atoms with Crippen molar-refractivity contribution >= 4 is 82.5 Å². The number of methoxy groups -OCH3 is 2. The summed E-state index contributed by atoms with van der Waals surface area (Å²) in [6, 6.07) is 17.6. The lowest BCUT2D eigenvalue weighted by Crippen LogP contribution is -2.62. The lowest BCUT2D eigenvalue weighted by atomic mass is 9.89. The van der Waals surface area contributed by atoms with Gasteiger partial charge in [0.15, 0.2) is 0 Å². The number of primary amides is 1. The Kier molecular flexibility index (Phi) is 34.6. The van der Waals surface area contributed by atoms with E-state index in [2.05, 4.69) is 52.8 Å². The summed E-state index contributed by atoms with van der Waals surface area (Å²) < 4.78 is 23.0. The highest BCUT2D eigenvalue weighted by Crippen LogP contribution is 2.31. The van der Waals surface area contributed by atoms with Crippen molar-refractivity contribution in [2.24, 2.45) is 29.4 Å². The van der Waals surface area contributed by atoms with Gasteiger partial charge in [-0.3, -0.25) is 38.4 Å². The fourth-order valence-electron chi connectivity index (χ4n) is 12.4. The Bertz CT molecular complexity index is 3470. The quantitative estimate of drug-likeness (QED) is 0.0190. The van der Waals surface area contributed by atoms with Crippen molar-refractivity contribution in [2.75, 3.05) is 46.2 Å². The number of carbonyl (C=O) groups excluding carboxylic acids is 11. The second-order valence-corrected chi connectivity index (χ2v) is 29.9. The number of thiazole rings is 1. The molecular weight excluding hydrogens is 1370 g/mol. The van der Waals surface area contributed by atoms with E-state index in [0.29, 0.717) is 61.9 Å². The molecule has 0 saturated carbocycles. The number of alkyl carbamates (subject to hydrolysis) is 2. The van der Waals surface area contributed by atoms with Crippen molar-refractivity contribution in [3.05, 3.63) is 118 Å². The summed E-state index contributed by atoms with van der Waals surface area (Å²) in [5.74, 6) is -5.86. The Morgan fingerprint density at radius 3 is 1.90 bits per heavy atom. The van der Waals surface area contributed by atoms with Crippen molar-refractivity contribution in [3.63, 3.8) is 0 Å². The minimum absolute atomic E-state index is 0.0246. The topological polar surface area (TPSA) is 378 Å². The summed E-state index contributed by atoms with van der Waals surface area (Å²) in [5, 5.41) is 27.6. The van der Waals surface area contributed by atoms with Gasteiger partial charge in [0.25, 0.3) is 5.91 Å². The lowest BCUT2D eigenvalue weighted by Gasteiger charge is -2.41. The van der Waals surface area contributed by atoms with E-state index in [0.717, 1.165) is 10.6 Å². The maximum absolute atomic E-state index is 14.8. The number of carbonyl (C=O) groups is 11. The molecule has 29 heteroatoms. The number of ether oxygens (including phenoxy) is 4. The molecule has 5 rings (SSSR count). The van der Waals surface area contributed by atoms with Crippen LogP contribution in [0.5, 0.6) is 0 Å². The van der Waals surface area contributed by atoms with E-state index in [1.165, 1.54) is 37.2 Å². The molecule has 0 spiro atoms. The van der Waals surface area contributed by atoms with Crippen LogP contribution in [0.3, 0.4) is 0 Å². The maximum atomic E-state index is 14.8. The van der Waals surface area contributed by atoms with Crippen LogP contribution in [-0.2, 0) is 65.5 Å². The summed E-state index contributed by atoms with van der Waals surface area (Å²) in [6.07, 6.45) is 2.31. The van der Waals surface area contributed by atoms with Gasteiger partial charge < -0.3 is 82.3 Å². The highest BCUT2D eigenvalue weighted by Gasteiger charge is 2.44. The summed E-state index contributed by atoms with van der Waals surface area (Å²) in [4.78, 5) is 158. The summed E-state index contributed by atoms with van der Waals surface area (Å²) >= 11 is 1.46. The number of nitrogens with two attached hydrogens (primary N) is 1. The highest BCUT2D eigenvalue weighted by atomic mass is 32.1. The number of rotatable bonds is 40. The third-order valence-corrected chi connectivity index (χ3v) is 19.4. The van der Waals surface area contributed by atoms with Crippen LogP contribution < -0.4 is 53.6 Å². The van der Waals surface area contributed by atoms with Gasteiger partial charge in [-0.15, -0.1) is 11.3 Å². The molecule has 4 aromatic rings. The molecule has 1 aromatic heterocycles. The van der Waals surface area contributed by atoms with Crippen molar-refractivity contribution in [3.8, 4) is 0 Å². The molecule has 11 N–H and O–H groups in total. The molecule has 0 bridgehead atoms. The number of likely N-dealkylation sites (tertiary alicyclic amines) is 1. The zero-order valence-corrected chi connectivity index (χ0v) is 64.4. The molecule has 1 aliphatic rings. The molecule has 11 atom stereocenters. The molecule has 578 valence electrons. The predicted octanol–water partition coefficient (Wildman–Crippen LogP) is 7.82. The molecule has 3 aromatic carbocycles. The summed E-state index contributed by atoms with van der Waals surface area (Å²) in [5.41, 5.74) is 5.13. The van der Waals surface area contributed by atoms with Crippen LogP contribution in [0.25, 0.3) is 0 Å². The average Bonchev–Trinajstić information content (AvgIpc) is 1.80. The SMILES string of the molecule is CC[C@H](C)[C@@H]([C@@H](CC(=O)N1CCC[C@H]1[C@H](OC)[C@@H](C)C(=O)N[C@@H](Cc1ccccc1)c1nccs1)OC)N(C)C(=O)[C@@H](NC(=O)C(C)(C)NC(=O)OCc1ccc(NC(=O)[C@H](CCCNC(N)=O)NC(=O)[C@@H](NC(=O)[C@H](CCCCNC(=O)OC(C)(C)C)NC(=O)c2ccccc2)C(C)C)cc1)C(C)C. The third-order valence-electron chi connectivity index (χ3n) is 18.5. The number of benzene rings is 3. The predicted molar refractivity (Wildman–Crippen MR) is 400 cm³/mol. The summed E-state index contributed by atoms with van der Waals surface area (Å²) in [6.45, 7) is 21.4. The standard InChI is InChI=1S/C76H113N13O15S/c1-16-48(6)62(58(101-14)44-59(90)89-41-26-33-57(89)63(102-15)49(7)64(91)84-56(69-78-40-42-105-69)43-50-27-19-17-20-28-50)88(13)70(96)61(47(4)5)86-71(97)76(11,12)87-74(100)103-45-51-34-36-53(37-35-51)81-66(93)55(32-25-39-79-72(77)98)83-68(95)60(46(2)3)85-67(94)54(82-65(92)52-29-21-18-22-30-52)31-23-24-38-80-73(99)104-75(8,9)10/h17-22,27-30,34-37,40,42,46-49,54-58,60-63H,16,23-26,31-33,38-39,41,43-45H2,1-15H3,(H,80,99)(H,81,93)(H,82,92)(H,83,95)(H,84,91)(H,85,94)(H,86,97)(H,87,100)(H3,77,79,98)/t48-,49+,54-,55-,56-,57-,58+,60-,61-,62-,63+/m0/s1. The number of anilines is 1. The van der Waals surface area contributed by atoms with E-state index < -0.39 is 131 Å². The lowest BCUT2D eigenvalue weighted by molar-refractivity contribution is -0.148. The van der Waals surface area contributed by atoms with Crippen molar-refractivity contribution in [1.29, 1.82) is 0 Å².